The first-order valence-electron chi connectivity index (χ1n) is 5.22. The highest BCUT2D eigenvalue weighted by Crippen LogP contribution is 2.37. The van der Waals surface area contributed by atoms with E-state index in [1.54, 1.807) is 0 Å². The number of nitrogens with one attached hydrogen (secondary N) is 1. The van der Waals surface area contributed by atoms with Gasteiger partial charge in [0.2, 0.25) is 0 Å². The number of aromatic amines is 1. The van der Waals surface area contributed by atoms with Crippen LogP contribution in [0, 0.1) is 0 Å². The number of aromatic nitrogens is 2. The van der Waals surface area contributed by atoms with E-state index in [9.17, 15) is 26.4 Å². The van der Waals surface area contributed by atoms with Crippen molar-refractivity contribution in [1.82, 2.24) is 10.2 Å². The van der Waals surface area contributed by atoms with Gasteiger partial charge in [0.1, 0.15) is 0 Å². The number of rotatable bonds is 3. The quantitative estimate of drug-likeness (QED) is 0.672. The Balaban J connectivity index is 2.73. The lowest BCUT2D eigenvalue weighted by Gasteiger charge is -2.13. The molecule has 11 heteroatoms. The van der Waals surface area contributed by atoms with E-state index in [0.29, 0.717) is 0 Å². The fourth-order valence-electron chi connectivity index (χ4n) is 1.53. The molecule has 1 aromatic heterocycles. The molecule has 0 bridgehead atoms. The Hall–Kier alpha value is -2.30. The number of methoxy groups -OCH3 is 1. The molecular formula is C10H7F3N2O5S. The summed E-state index contributed by atoms with van der Waals surface area (Å²) in [5, 5.41) is 5.12. The standard InChI is InChI=1S/C10H7F3N2O5S/c1-19-7-3-2-5-6(4-14-15-9(5)16)8(7)20-21(17,18)10(11,12)13/h2-4H,1H3,(H,15,16). The van der Waals surface area contributed by atoms with Crippen molar-refractivity contribution in [2.45, 2.75) is 5.51 Å². The third-order valence-electron chi connectivity index (χ3n) is 2.46. The Morgan fingerprint density at radius 3 is 2.48 bits per heavy atom. The van der Waals surface area contributed by atoms with Crippen LogP contribution in [0.3, 0.4) is 0 Å². The highest BCUT2D eigenvalue weighted by molar-refractivity contribution is 7.88. The number of H-pyrrole nitrogens is 1. The monoisotopic (exact) mass is 324 g/mol. The molecule has 0 fully saturated rings. The second kappa shape index (κ2) is 4.91. The van der Waals surface area contributed by atoms with E-state index >= 15 is 0 Å². The zero-order valence-corrected chi connectivity index (χ0v) is 11.1. The van der Waals surface area contributed by atoms with Gasteiger partial charge in [-0.05, 0) is 12.1 Å². The predicted octanol–water partition coefficient (Wildman–Crippen LogP) is 1.16. The van der Waals surface area contributed by atoms with Crippen LogP contribution in [0.25, 0.3) is 10.8 Å². The Kier molecular flexibility index (Phi) is 3.53. The van der Waals surface area contributed by atoms with E-state index in [1.807, 2.05) is 0 Å². The molecule has 1 N–H and O–H groups in total. The molecule has 7 nitrogen and oxygen atoms in total. The van der Waals surface area contributed by atoms with Crippen LogP contribution in [0.2, 0.25) is 0 Å². The molecule has 0 atom stereocenters. The van der Waals surface area contributed by atoms with Crippen molar-refractivity contribution in [3.63, 3.8) is 0 Å². The summed E-state index contributed by atoms with van der Waals surface area (Å²) in [5.74, 6) is -1.05. The van der Waals surface area contributed by atoms with Gasteiger partial charge in [0.25, 0.3) is 5.56 Å². The van der Waals surface area contributed by atoms with Gasteiger partial charge < -0.3 is 8.92 Å². The molecule has 0 aliphatic heterocycles. The van der Waals surface area contributed by atoms with E-state index in [2.05, 4.69) is 14.4 Å². The molecule has 1 heterocycles. The Labute approximate surface area is 115 Å². The Morgan fingerprint density at radius 1 is 1.24 bits per heavy atom. The normalized spacial score (nSPS) is 12.4. The lowest BCUT2D eigenvalue weighted by Crippen LogP contribution is -2.28. The first kappa shape index (κ1) is 15.1. The minimum atomic E-state index is -5.91. The van der Waals surface area contributed by atoms with Gasteiger partial charge in [0, 0.05) is 0 Å². The maximum absolute atomic E-state index is 12.4. The highest BCUT2D eigenvalue weighted by atomic mass is 32.2. The number of hydrogen-bond acceptors (Lipinski definition) is 6. The summed E-state index contributed by atoms with van der Waals surface area (Å²) in [4.78, 5) is 11.5. The third-order valence-corrected chi connectivity index (χ3v) is 3.41. The Morgan fingerprint density at radius 2 is 1.90 bits per heavy atom. The molecule has 0 aliphatic rings. The van der Waals surface area contributed by atoms with Gasteiger partial charge in [0.15, 0.2) is 11.5 Å². The molecule has 114 valence electrons. The fraction of sp³-hybridized carbons (Fsp3) is 0.200. The first-order chi connectivity index (χ1) is 9.67. The average molecular weight is 324 g/mol. The summed E-state index contributed by atoms with van der Waals surface area (Å²) in [6, 6.07) is 2.35. The van der Waals surface area contributed by atoms with Crippen molar-refractivity contribution in [1.29, 1.82) is 0 Å². The minimum Gasteiger partial charge on any atom is -0.493 e. The predicted molar refractivity (Wildman–Crippen MR) is 64.5 cm³/mol. The molecule has 0 amide bonds. The topological polar surface area (TPSA) is 98.3 Å². The molecule has 1 aromatic carbocycles. The smallest absolute Gasteiger partial charge is 0.493 e. The van der Waals surface area contributed by atoms with Crippen molar-refractivity contribution in [2.75, 3.05) is 7.11 Å². The van der Waals surface area contributed by atoms with E-state index in [4.69, 9.17) is 4.74 Å². The maximum Gasteiger partial charge on any atom is 0.534 e. The van der Waals surface area contributed by atoms with E-state index < -0.39 is 26.9 Å². The van der Waals surface area contributed by atoms with Crippen LogP contribution in [0.5, 0.6) is 11.5 Å². The summed E-state index contributed by atoms with van der Waals surface area (Å²) >= 11 is 0. The molecule has 0 radical (unpaired) electrons. The summed E-state index contributed by atoms with van der Waals surface area (Å²) in [6.07, 6.45) is 0.959. The van der Waals surface area contributed by atoms with Crippen LogP contribution in [-0.4, -0.2) is 31.2 Å². The zero-order chi connectivity index (χ0) is 15.8. The van der Waals surface area contributed by atoms with Crippen molar-refractivity contribution in [3.05, 3.63) is 28.7 Å². The molecule has 0 unspecified atom stereocenters. The summed E-state index contributed by atoms with van der Waals surface area (Å²) < 4.78 is 68.2. The van der Waals surface area contributed by atoms with Crippen molar-refractivity contribution in [2.24, 2.45) is 0 Å². The number of nitrogens with zero attached hydrogens (tertiary/aromatic N) is 1. The number of fused-ring (bicyclic) bond motifs is 1. The van der Waals surface area contributed by atoms with E-state index in [0.717, 1.165) is 19.4 Å². The minimum absolute atomic E-state index is 0.0989. The van der Waals surface area contributed by atoms with Crippen LogP contribution in [-0.2, 0) is 10.1 Å². The van der Waals surface area contributed by atoms with Gasteiger partial charge in [-0.25, -0.2) is 5.10 Å². The molecule has 2 aromatic rings. The SMILES string of the molecule is COc1ccc2c(=O)[nH]ncc2c1OS(=O)(=O)C(F)(F)F. The number of ether oxygens (including phenoxy) is 1. The van der Waals surface area contributed by atoms with Crippen LogP contribution < -0.4 is 14.5 Å². The lowest BCUT2D eigenvalue weighted by atomic mass is 10.2. The number of alkyl halides is 3. The molecule has 2 rings (SSSR count). The van der Waals surface area contributed by atoms with Gasteiger partial charge in [-0.1, -0.05) is 0 Å². The molecular weight excluding hydrogens is 317 g/mol. The largest absolute Gasteiger partial charge is 0.534 e. The number of benzene rings is 1. The van der Waals surface area contributed by atoms with Gasteiger partial charge in [-0.3, -0.25) is 4.79 Å². The van der Waals surface area contributed by atoms with Crippen molar-refractivity contribution < 1.29 is 30.5 Å². The van der Waals surface area contributed by atoms with E-state index in [-0.39, 0.29) is 16.5 Å². The van der Waals surface area contributed by atoms with Crippen molar-refractivity contribution in [3.8, 4) is 11.5 Å². The molecule has 0 aliphatic carbocycles. The second-order valence-corrected chi connectivity index (χ2v) is 5.28. The van der Waals surface area contributed by atoms with Crippen LogP contribution >= 0.6 is 0 Å². The Bertz CT molecular complexity index is 844. The third kappa shape index (κ3) is 2.63. The van der Waals surface area contributed by atoms with E-state index in [1.165, 1.54) is 6.07 Å². The second-order valence-electron chi connectivity index (χ2n) is 3.74. The average Bonchev–Trinajstić information content (AvgIpc) is 2.38. The molecule has 21 heavy (non-hydrogen) atoms. The summed E-state index contributed by atoms with van der Waals surface area (Å²) in [7, 11) is -4.80. The zero-order valence-electron chi connectivity index (χ0n) is 10.3. The van der Waals surface area contributed by atoms with Crippen molar-refractivity contribution >= 4 is 20.9 Å². The number of halogens is 3. The summed E-state index contributed by atoms with van der Waals surface area (Å²) in [5.41, 5.74) is -6.33. The number of hydrogen-bond donors (Lipinski definition) is 1. The van der Waals surface area contributed by atoms with Crippen LogP contribution in [0.1, 0.15) is 0 Å². The van der Waals surface area contributed by atoms with Gasteiger partial charge in [-0.15, -0.1) is 0 Å². The maximum atomic E-state index is 12.4. The van der Waals surface area contributed by atoms with Crippen LogP contribution in [0.15, 0.2) is 23.1 Å². The summed E-state index contributed by atoms with van der Waals surface area (Å²) in [6.45, 7) is 0. The molecule has 0 saturated carbocycles. The lowest BCUT2D eigenvalue weighted by molar-refractivity contribution is -0.0500. The van der Waals surface area contributed by atoms with Gasteiger partial charge in [0.05, 0.1) is 24.1 Å². The first-order valence-corrected chi connectivity index (χ1v) is 6.63. The fourth-order valence-corrected chi connectivity index (χ4v) is 2.01. The molecule has 0 saturated heterocycles. The van der Waals surface area contributed by atoms with Gasteiger partial charge in [-0.2, -0.15) is 26.7 Å². The highest BCUT2D eigenvalue weighted by Gasteiger charge is 2.49. The molecule has 0 spiro atoms. The van der Waals surface area contributed by atoms with Gasteiger partial charge >= 0.3 is 15.6 Å². The van der Waals surface area contributed by atoms with Crippen LogP contribution in [0.4, 0.5) is 13.2 Å².